The Morgan fingerprint density at radius 2 is 1.86 bits per heavy atom. The molecule has 0 amide bonds. The van der Waals surface area contributed by atoms with Crippen LogP contribution in [0.5, 0.6) is 0 Å². The standard InChI is InChI=1S/C10H22O3Si/c1-4-6-12-8-9-13-7-5-10-14(2,3)11/h4,11H,1,5-10H2,2-3H3. The van der Waals surface area contributed by atoms with Crippen LogP contribution in [0.1, 0.15) is 6.42 Å². The van der Waals surface area contributed by atoms with E-state index in [-0.39, 0.29) is 0 Å². The summed E-state index contributed by atoms with van der Waals surface area (Å²) in [5.74, 6) is 0. The van der Waals surface area contributed by atoms with Gasteiger partial charge in [-0.15, -0.1) is 6.58 Å². The van der Waals surface area contributed by atoms with Crippen molar-refractivity contribution in [3.8, 4) is 0 Å². The third kappa shape index (κ3) is 11.8. The fourth-order valence-electron chi connectivity index (χ4n) is 0.993. The average molecular weight is 218 g/mol. The predicted octanol–water partition coefficient (Wildman–Crippen LogP) is 1.79. The molecule has 0 aliphatic carbocycles. The molecule has 0 radical (unpaired) electrons. The van der Waals surface area contributed by atoms with E-state index in [4.69, 9.17) is 9.47 Å². The van der Waals surface area contributed by atoms with Gasteiger partial charge in [0.2, 0.25) is 0 Å². The fourth-order valence-corrected chi connectivity index (χ4v) is 2.00. The molecule has 84 valence electrons. The van der Waals surface area contributed by atoms with Crippen molar-refractivity contribution in [1.82, 2.24) is 0 Å². The molecular weight excluding hydrogens is 196 g/mol. The average Bonchev–Trinajstić information content (AvgIpc) is 2.08. The summed E-state index contributed by atoms with van der Waals surface area (Å²) in [5.41, 5.74) is 0. The molecule has 0 aliphatic rings. The zero-order valence-corrected chi connectivity index (χ0v) is 10.3. The maximum absolute atomic E-state index is 9.54. The van der Waals surface area contributed by atoms with E-state index in [1.54, 1.807) is 6.08 Å². The second-order valence-corrected chi connectivity index (χ2v) is 8.02. The molecule has 14 heavy (non-hydrogen) atoms. The Morgan fingerprint density at radius 1 is 1.21 bits per heavy atom. The van der Waals surface area contributed by atoms with Gasteiger partial charge in [0.15, 0.2) is 8.32 Å². The Hall–Kier alpha value is -0.163. The van der Waals surface area contributed by atoms with Crippen LogP contribution in [0.4, 0.5) is 0 Å². The Labute approximate surface area is 87.9 Å². The van der Waals surface area contributed by atoms with E-state index in [0.29, 0.717) is 26.4 Å². The second kappa shape index (κ2) is 8.17. The van der Waals surface area contributed by atoms with E-state index in [1.807, 2.05) is 13.1 Å². The van der Waals surface area contributed by atoms with E-state index in [2.05, 4.69) is 6.58 Å². The van der Waals surface area contributed by atoms with Gasteiger partial charge in [0.1, 0.15) is 0 Å². The Bertz CT molecular complexity index is 143. The van der Waals surface area contributed by atoms with Crippen molar-refractivity contribution < 1.29 is 14.3 Å². The first-order valence-electron chi connectivity index (χ1n) is 5.05. The van der Waals surface area contributed by atoms with Crippen LogP contribution in [0, 0.1) is 0 Å². The van der Waals surface area contributed by atoms with Crippen LogP contribution in [0.2, 0.25) is 19.1 Å². The molecule has 0 aromatic rings. The molecule has 3 nitrogen and oxygen atoms in total. The summed E-state index contributed by atoms with van der Waals surface area (Å²) in [5, 5.41) is 0. The maximum Gasteiger partial charge on any atom is 0.182 e. The molecule has 0 aromatic heterocycles. The number of rotatable bonds is 9. The van der Waals surface area contributed by atoms with Crippen LogP contribution < -0.4 is 0 Å². The third-order valence-electron chi connectivity index (χ3n) is 1.68. The zero-order chi connectivity index (χ0) is 10.9. The zero-order valence-electron chi connectivity index (χ0n) is 9.29. The van der Waals surface area contributed by atoms with Gasteiger partial charge < -0.3 is 14.3 Å². The fraction of sp³-hybridized carbons (Fsp3) is 0.800. The van der Waals surface area contributed by atoms with Gasteiger partial charge in [-0.05, 0) is 25.6 Å². The number of hydrogen-bond acceptors (Lipinski definition) is 3. The minimum absolute atomic E-state index is 0.583. The smallest absolute Gasteiger partial charge is 0.182 e. The van der Waals surface area contributed by atoms with Gasteiger partial charge in [0.05, 0.1) is 19.8 Å². The monoisotopic (exact) mass is 218 g/mol. The first kappa shape index (κ1) is 13.8. The summed E-state index contributed by atoms with van der Waals surface area (Å²) in [4.78, 5) is 9.54. The Kier molecular flexibility index (Phi) is 8.08. The molecule has 0 bridgehead atoms. The van der Waals surface area contributed by atoms with Crippen molar-refractivity contribution in [2.75, 3.05) is 26.4 Å². The molecule has 0 saturated carbocycles. The molecule has 0 heterocycles. The third-order valence-corrected chi connectivity index (χ3v) is 3.26. The highest BCUT2D eigenvalue weighted by atomic mass is 28.4. The van der Waals surface area contributed by atoms with E-state index in [0.717, 1.165) is 12.5 Å². The van der Waals surface area contributed by atoms with E-state index >= 15 is 0 Å². The maximum atomic E-state index is 9.54. The van der Waals surface area contributed by atoms with Gasteiger partial charge >= 0.3 is 0 Å². The summed E-state index contributed by atoms with van der Waals surface area (Å²) in [6.45, 7) is 9.98. The van der Waals surface area contributed by atoms with E-state index in [9.17, 15) is 4.80 Å². The van der Waals surface area contributed by atoms with Crippen molar-refractivity contribution >= 4 is 8.32 Å². The van der Waals surface area contributed by atoms with Gasteiger partial charge in [-0.25, -0.2) is 0 Å². The lowest BCUT2D eigenvalue weighted by Crippen LogP contribution is -2.24. The van der Waals surface area contributed by atoms with Crippen molar-refractivity contribution in [2.45, 2.75) is 25.6 Å². The van der Waals surface area contributed by atoms with E-state index < -0.39 is 8.32 Å². The highest BCUT2D eigenvalue weighted by Gasteiger charge is 2.15. The molecule has 0 aromatic carbocycles. The lowest BCUT2D eigenvalue weighted by atomic mass is 10.5. The van der Waals surface area contributed by atoms with Crippen LogP contribution in [-0.2, 0) is 9.47 Å². The summed E-state index contributed by atoms with van der Waals surface area (Å²) < 4.78 is 10.5. The van der Waals surface area contributed by atoms with Crippen LogP contribution in [0.15, 0.2) is 12.7 Å². The minimum Gasteiger partial charge on any atom is -0.432 e. The molecule has 0 rings (SSSR count). The topological polar surface area (TPSA) is 38.7 Å². The van der Waals surface area contributed by atoms with E-state index in [1.165, 1.54) is 0 Å². The molecular formula is C10H22O3Si. The summed E-state index contributed by atoms with van der Waals surface area (Å²) in [6, 6.07) is 0.903. The SMILES string of the molecule is C=CCOCCOCCC[Si](C)(C)O. The summed E-state index contributed by atoms with van der Waals surface area (Å²) in [6.07, 6.45) is 2.66. The molecule has 0 aliphatic heterocycles. The largest absolute Gasteiger partial charge is 0.432 e. The van der Waals surface area contributed by atoms with Crippen molar-refractivity contribution in [3.05, 3.63) is 12.7 Å². The lowest BCUT2D eigenvalue weighted by molar-refractivity contribution is 0.0585. The lowest BCUT2D eigenvalue weighted by Gasteiger charge is -2.13. The van der Waals surface area contributed by atoms with Crippen LogP contribution in [0.25, 0.3) is 0 Å². The minimum atomic E-state index is -1.86. The highest BCUT2D eigenvalue weighted by molar-refractivity contribution is 6.69. The molecule has 0 unspecified atom stereocenters. The van der Waals surface area contributed by atoms with Crippen molar-refractivity contribution in [3.63, 3.8) is 0 Å². The normalized spacial score (nSPS) is 11.6. The van der Waals surface area contributed by atoms with Gasteiger partial charge in [-0.3, -0.25) is 0 Å². The van der Waals surface area contributed by atoms with Crippen LogP contribution >= 0.6 is 0 Å². The summed E-state index contributed by atoms with van der Waals surface area (Å²) in [7, 11) is -1.86. The quantitative estimate of drug-likeness (QED) is 0.364. The second-order valence-electron chi connectivity index (χ2n) is 3.89. The van der Waals surface area contributed by atoms with Gasteiger partial charge in [0, 0.05) is 6.61 Å². The highest BCUT2D eigenvalue weighted by Crippen LogP contribution is 2.07. The summed E-state index contributed by atoms with van der Waals surface area (Å²) >= 11 is 0. The Morgan fingerprint density at radius 3 is 2.43 bits per heavy atom. The van der Waals surface area contributed by atoms with Crippen molar-refractivity contribution in [2.24, 2.45) is 0 Å². The molecule has 1 N–H and O–H groups in total. The van der Waals surface area contributed by atoms with Gasteiger partial charge in [0.25, 0.3) is 0 Å². The van der Waals surface area contributed by atoms with Gasteiger partial charge in [-0.2, -0.15) is 0 Å². The Balaban J connectivity index is 3.03. The van der Waals surface area contributed by atoms with Crippen LogP contribution in [-0.4, -0.2) is 39.5 Å². The molecule has 0 atom stereocenters. The molecule has 0 saturated heterocycles. The first-order chi connectivity index (χ1) is 6.56. The van der Waals surface area contributed by atoms with Crippen molar-refractivity contribution in [1.29, 1.82) is 0 Å². The van der Waals surface area contributed by atoms with Crippen LogP contribution in [0.3, 0.4) is 0 Å². The molecule has 0 spiro atoms. The predicted molar refractivity (Wildman–Crippen MR) is 61.0 cm³/mol. The number of hydrogen-bond donors (Lipinski definition) is 1. The first-order valence-corrected chi connectivity index (χ1v) is 8.20. The molecule has 4 heteroatoms. The number of ether oxygens (including phenoxy) is 2. The molecule has 0 fully saturated rings. The van der Waals surface area contributed by atoms with Gasteiger partial charge in [-0.1, -0.05) is 6.08 Å².